The first-order valence-electron chi connectivity index (χ1n) is 4.91. The Kier molecular flexibility index (Phi) is 9.25. The molecule has 2 unspecified atom stereocenters. The van der Waals surface area contributed by atoms with E-state index in [2.05, 4.69) is 22.9 Å². The van der Waals surface area contributed by atoms with Crippen molar-refractivity contribution >= 4 is 15.9 Å². The predicted octanol–water partition coefficient (Wildman–Crippen LogP) is 2.85. The Labute approximate surface area is 90.1 Å². The van der Waals surface area contributed by atoms with E-state index in [1.807, 2.05) is 6.92 Å². The van der Waals surface area contributed by atoms with Gasteiger partial charge in [-0.25, -0.2) is 0 Å². The number of rotatable bonds is 8. The third-order valence-electron chi connectivity index (χ3n) is 1.93. The maximum absolute atomic E-state index is 5.63. The van der Waals surface area contributed by atoms with Crippen molar-refractivity contribution in [1.29, 1.82) is 0 Å². The zero-order valence-electron chi connectivity index (χ0n) is 8.88. The summed E-state index contributed by atoms with van der Waals surface area (Å²) in [5.74, 6) is 0.643. The third-order valence-corrected chi connectivity index (χ3v) is 2.85. The molecular weight excluding hydrogens is 232 g/mol. The number of methoxy groups -OCH3 is 1. The van der Waals surface area contributed by atoms with Crippen molar-refractivity contribution in [3.05, 3.63) is 0 Å². The standard InChI is InChI=1S/C10H21BrO2/c1-4-5-10(6-11)8-13-9(2)7-12-3/h9-10H,4-8H2,1-3H3. The molecule has 13 heavy (non-hydrogen) atoms. The lowest BCUT2D eigenvalue weighted by Crippen LogP contribution is -2.20. The van der Waals surface area contributed by atoms with Gasteiger partial charge in [0.1, 0.15) is 0 Å². The van der Waals surface area contributed by atoms with Crippen LogP contribution in [0.5, 0.6) is 0 Å². The van der Waals surface area contributed by atoms with Crippen molar-refractivity contribution in [3.8, 4) is 0 Å². The van der Waals surface area contributed by atoms with E-state index in [9.17, 15) is 0 Å². The molecule has 0 saturated heterocycles. The average molecular weight is 253 g/mol. The van der Waals surface area contributed by atoms with Gasteiger partial charge in [0.15, 0.2) is 0 Å². The van der Waals surface area contributed by atoms with Crippen LogP contribution < -0.4 is 0 Å². The van der Waals surface area contributed by atoms with Crippen LogP contribution in [0, 0.1) is 5.92 Å². The Hall–Kier alpha value is 0.400. The van der Waals surface area contributed by atoms with Gasteiger partial charge >= 0.3 is 0 Å². The van der Waals surface area contributed by atoms with Gasteiger partial charge in [-0.1, -0.05) is 29.3 Å². The highest BCUT2D eigenvalue weighted by Gasteiger charge is 2.08. The fraction of sp³-hybridized carbons (Fsp3) is 1.00. The highest BCUT2D eigenvalue weighted by atomic mass is 79.9. The van der Waals surface area contributed by atoms with E-state index in [0.717, 1.165) is 11.9 Å². The first-order valence-corrected chi connectivity index (χ1v) is 6.03. The van der Waals surface area contributed by atoms with E-state index in [4.69, 9.17) is 9.47 Å². The summed E-state index contributed by atoms with van der Waals surface area (Å²) >= 11 is 3.49. The van der Waals surface area contributed by atoms with E-state index in [1.54, 1.807) is 7.11 Å². The minimum atomic E-state index is 0.211. The summed E-state index contributed by atoms with van der Waals surface area (Å²) in [6.07, 6.45) is 2.66. The van der Waals surface area contributed by atoms with Crippen LogP contribution in [0.2, 0.25) is 0 Å². The smallest absolute Gasteiger partial charge is 0.0780 e. The Bertz CT molecular complexity index is 109. The van der Waals surface area contributed by atoms with Gasteiger partial charge in [-0.3, -0.25) is 0 Å². The number of ether oxygens (including phenoxy) is 2. The molecule has 2 atom stereocenters. The van der Waals surface area contributed by atoms with Crippen molar-refractivity contribution < 1.29 is 9.47 Å². The van der Waals surface area contributed by atoms with E-state index in [1.165, 1.54) is 12.8 Å². The molecule has 3 heteroatoms. The maximum atomic E-state index is 5.63. The lowest BCUT2D eigenvalue weighted by Gasteiger charge is -2.17. The first-order chi connectivity index (χ1) is 6.24. The number of alkyl halides is 1. The Morgan fingerprint density at radius 3 is 2.46 bits per heavy atom. The van der Waals surface area contributed by atoms with Crippen molar-refractivity contribution in [3.63, 3.8) is 0 Å². The summed E-state index contributed by atoms with van der Waals surface area (Å²) in [7, 11) is 1.70. The number of hydrogen-bond acceptors (Lipinski definition) is 2. The number of halogens is 1. The summed E-state index contributed by atoms with van der Waals surface area (Å²) in [5.41, 5.74) is 0. The quantitative estimate of drug-likeness (QED) is 0.619. The van der Waals surface area contributed by atoms with Gasteiger partial charge in [-0.05, 0) is 19.3 Å². The van der Waals surface area contributed by atoms with Gasteiger partial charge in [0.05, 0.1) is 19.3 Å². The van der Waals surface area contributed by atoms with Crippen molar-refractivity contribution in [1.82, 2.24) is 0 Å². The molecule has 0 aromatic carbocycles. The van der Waals surface area contributed by atoms with Crippen LogP contribution in [-0.4, -0.2) is 31.8 Å². The molecule has 0 rings (SSSR count). The Morgan fingerprint density at radius 1 is 1.31 bits per heavy atom. The lowest BCUT2D eigenvalue weighted by molar-refractivity contribution is -0.00461. The Morgan fingerprint density at radius 2 is 2.00 bits per heavy atom. The van der Waals surface area contributed by atoms with Crippen LogP contribution in [0.4, 0.5) is 0 Å². The monoisotopic (exact) mass is 252 g/mol. The molecule has 0 saturated carbocycles. The fourth-order valence-corrected chi connectivity index (χ4v) is 1.71. The maximum Gasteiger partial charge on any atom is 0.0780 e. The van der Waals surface area contributed by atoms with Crippen molar-refractivity contribution in [2.75, 3.05) is 25.7 Å². The molecule has 0 amide bonds. The Balaban J connectivity index is 3.46. The summed E-state index contributed by atoms with van der Waals surface area (Å²) < 4.78 is 10.6. The predicted molar refractivity (Wildman–Crippen MR) is 59.5 cm³/mol. The molecule has 0 N–H and O–H groups in total. The second-order valence-corrected chi connectivity index (χ2v) is 4.06. The molecule has 0 aromatic heterocycles. The molecule has 0 heterocycles. The molecule has 80 valence electrons. The molecule has 0 aromatic rings. The molecule has 0 bridgehead atoms. The third kappa shape index (κ3) is 7.47. The normalized spacial score (nSPS) is 15.7. The summed E-state index contributed by atoms with van der Waals surface area (Å²) in [5, 5.41) is 1.03. The molecule has 2 nitrogen and oxygen atoms in total. The van der Waals surface area contributed by atoms with Crippen LogP contribution in [0.25, 0.3) is 0 Å². The van der Waals surface area contributed by atoms with E-state index in [0.29, 0.717) is 12.5 Å². The minimum Gasteiger partial charge on any atom is -0.382 e. The zero-order valence-corrected chi connectivity index (χ0v) is 10.5. The highest BCUT2D eigenvalue weighted by molar-refractivity contribution is 9.09. The van der Waals surface area contributed by atoms with Crippen LogP contribution >= 0.6 is 15.9 Å². The largest absolute Gasteiger partial charge is 0.382 e. The summed E-state index contributed by atoms with van der Waals surface area (Å²) in [6.45, 7) is 5.76. The summed E-state index contributed by atoms with van der Waals surface area (Å²) in [6, 6.07) is 0. The molecule has 0 spiro atoms. The minimum absolute atomic E-state index is 0.211. The van der Waals surface area contributed by atoms with E-state index >= 15 is 0 Å². The zero-order chi connectivity index (χ0) is 10.1. The van der Waals surface area contributed by atoms with Crippen LogP contribution in [0.3, 0.4) is 0 Å². The lowest BCUT2D eigenvalue weighted by atomic mass is 10.1. The molecule has 0 aliphatic heterocycles. The molecule has 0 aliphatic carbocycles. The molecule has 0 aliphatic rings. The van der Waals surface area contributed by atoms with Gasteiger partial charge in [-0.15, -0.1) is 0 Å². The van der Waals surface area contributed by atoms with Crippen molar-refractivity contribution in [2.24, 2.45) is 5.92 Å². The van der Waals surface area contributed by atoms with Gasteiger partial charge in [0.25, 0.3) is 0 Å². The SMILES string of the molecule is CCCC(CBr)COC(C)COC. The van der Waals surface area contributed by atoms with Gasteiger partial charge in [0, 0.05) is 12.4 Å². The second kappa shape index (κ2) is 8.97. The van der Waals surface area contributed by atoms with Gasteiger partial charge in [0.2, 0.25) is 0 Å². The summed E-state index contributed by atoms with van der Waals surface area (Å²) in [4.78, 5) is 0. The van der Waals surface area contributed by atoms with E-state index in [-0.39, 0.29) is 6.10 Å². The molecular formula is C10H21BrO2. The van der Waals surface area contributed by atoms with Crippen LogP contribution in [-0.2, 0) is 9.47 Å². The fourth-order valence-electron chi connectivity index (χ4n) is 1.20. The second-order valence-electron chi connectivity index (χ2n) is 3.41. The average Bonchev–Trinajstić information content (AvgIpc) is 2.12. The highest BCUT2D eigenvalue weighted by Crippen LogP contribution is 2.11. The first kappa shape index (κ1) is 13.4. The van der Waals surface area contributed by atoms with E-state index < -0.39 is 0 Å². The van der Waals surface area contributed by atoms with Crippen LogP contribution in [0.1, 0.15) is 26.7 Å². The van der Waals surface area contributed by atoms with Gasteiger partial charge in [-0.2, -0.15) is 0 Å². The number of hydrogen-bond donors (Lipinski definition) is 0. The molecule has 0 fully saturated rings. The van der Waals surface area contributed by atoms with Crippen molar-refractivity contribution in [2.45, 2.75) is 32.8 Å². The van der Waals surface area contributed by atoms with Crippen LogP contribution in [0.15, 0.2) is 0 Å². The topological polar surface area (TPSA) is 18.5 Å². The molecule has 0 radical (unpaired) electrons. The van der Waals surface area contributed by atoms with Gasteiger partial charge < -0.3 is 9.47 Å².